The average molecular weight is 342 g/mol. The molecule has 0 aromatic heterocycles. The first-order chi connectivity index (χ1) is 10.2. The van der Waals surface area contributed by atoms with Gasteiger partial charge in [-0.1, -0.05) is 52.3 Å². The number of nitrogens with two attached hydrogens (primary N) is 1. The van der Waals surface area contributed by atoms with E-state index < -0.39 is 0 Å². The van der Waals surface area contributed by atoms with Crippen molar-refractivity contribution in [3.05, 3.63) is 76.3 Å². The Bertz CT molecular complexity index is 785. The highest BCUT2D eigenvalue weighted by atomic mass is 79.9. The second kappa shape index (κ2) is 5.88. The summed E-state index contributed by atoms with van der Waals surface area (Å²) >= 11 is 3.57. The monoisotopic (exact) mass is 341 g/mol. The Hall–Kier alpha value is -1.84. The average Bonchev–Trinajstić information content (AvgIpc) is 2.53. The van der Waals surface area contributed by atoms with Gasteiger partial charge in [0, 0.05) is 4.47 Å². The molecule has 2 N–H and O–H groups in total. The lowest BCUT2D eigenvalue weighted by atomic mass is 9.97. The van der Waals surface area contributed by atoms with Crippen molar-refractivity contribution in [3.8, 4) is 5.75 Å². The zero-order valence-corrected chi connectivity index (χ0v) is 13.3. The summed E-state index contributed by atoms with van der Waals surface area (Å²) in [7, 11) is 1.68. The molecule has 0 saturated heterocycles. The van der Waals surface area contributed by atoms with Crippen LogP contribution in [0.2, 0.25) is 0 Å². The van der Waals surface area contributed by atoms with Crippen molar-refractivity contribution in [2.45, 2.75) is 6.04 Å². The smallest absolute Gasteiger partial charge is 0.119 e. The third-order valence-corrected chi connectivity index (χ3v) is 4.39. The zero-order valence-electron chi connectivity index (χ0n) is 11.7. The van der Waals surface area contributed by atoms with Crippen LogP contribution < -0.4 is 10.5 Å². The minimum Gasteiger partial charge on any atom is -0.497 e. The summed E-state index contributed by atoms with van der Waals surface area (Å²) < 4.78 is 6.29. The Morgan fingerprint density at radius 2 is 1.67 bits per heavy atom. The maximum atomic E-state index is 6.41. The lowest BCUT2D eigenvalue weighted by Gasteiger charge is -2.15. The number of methoxy groups -OCH3 is 1. The number of rotatable bonds is 3. The van der Waals surface area contributed by atoms with Crippen LogP contribution in [0.25, 0.3) is 10.8 Å². The lowest BCUT2D eigenvalue weighted by molar-refractivity contribution is 0.415. The number of ether oxygens (including phenoxy) is 1. The van der Waals surface area contributed by atoms with Gasteiger partial charge in [0.2, 0.25) is 0 Å². The second-order valence-corrected chi connectivity index (χ2v) is 5.83. The van der Waals surface area contributed by atoms with Crippen LogP contribution in [0.1, 0.15) is 17.2 Å². The molecule has 0 spiro atoms. The largest absolute Gasteiger partial charge is 0.497 e. The van der Waals surface area contributed by atoms with E-state index in [-0.39, 0.29) is 6.04 Å². The molecular weight excluding hydrogens is 326 g/mol. The van der Waals surface area contributed by atoms with Crippen LogP contribution in [-0.4, -0.2) is 7.11 Å². The number of hydrogen-bond acceptors (Lipinski definition) is 2. The van der Waals surface area contributed by atoms with Gasteiger partial charge in [-0.25, -0.2) is 0 Å². The van der Waals surface area contributed by atoms with Crippen LogP contribution in [0.5, 0.6) is 5.75 Å². The molecule has 3 heteroatoms. The standard InChI is InChI=1S/C18H16BrNO/c1-21-15-9-8-12-10-14(7-6-13(12)11-15)18(20)16-4-2-3-5-17(16)19/h2-11,18H,20H2,1H3. The molecule has 3 aromatic carbocycles. The van der Waals surface area contributed by atoms with Gasteiger partial charge in [0.1, 0.15) is 5.75 Å². The van der Waals surface area contributed by atoms with Gasteiger partial charge in [-0.05, 0) is 46.2 Å². The van der Waals surface area contributed by atoms with Crippen molar-refractivity contribution >= 4 is 26.7 Å². The van der Waals surface area contributed by atoms with Crippen LogP contribution in [0.15, 0.2) is 65.1 Å². The molecule has 0 amide bonds. The molecule has 1 atom stereocenters. The Balaban J connectivity index is 2.03. The number of benzene rings is 3. The van der Waals surface area contributed by atoms with E-state index >= 15 is 0 Å². The van der Waals surface area contributed by atoms with Crippen molar-refractivity contribution in [1.29, 1.82) is 0 Å². The molecule has 0 aliphatic heterocycles. The molecule has 0 aliphatic carbocycles. The minimum atomic E-state index is -0.146. The lowest BCUT2D eigenvalue weighted by Crippen LogP contribution is -2.12. The molecule has 3 aromatic rings. The summed E-state index contributed by atoms with van der Waals surface area (Å²) in [6.45, 7) is 0. The second-order valence-electron chi connectivity index (χ2n) is 4.97. The Morgan fingerprint density at radius 3 is 2.43 bits per heavy atom. The van der Waals surface area contributed by atoms with Crippen LogP contribution in [0.3, 0.4) is 0 Å². The Kier molecular flexibility index (Phi) is 3.95. The van der Waals surface area contributed by atoms with Gasteiger partial charge in [-0.3, -0.25) is 0 Å². The molecule has 106 valence electrons. The van der Waals surface area contributed by atoms with E-state index in [4.69, 9.17) is 10.5 Å². The molecule has 0 radical (unpaired) electrons. The van der Waals surface area contributed by atoms with E-state index in [1.54, 1.807) is 7.11 Å². The predicted octanol–water partition coefficient (Wildman–Crippen LogP) is 4.66. The van der Waals surface area contributed by atoms with E-state index in [0.717, 1.165) is 32.1 Å². The fraction of sp³-hybridized carbons (Fsp3) is 0.111. The normalized spacial score (nSPS) is 12.3. The van der Waals surface area contributed by atoms with Crippen LogP contribution in [0.4, 0.5) is 0 Å². The van der Waals surface area contributed by atoms with Crippen molar-refractivity contribution in [2.24, 2.45) is 5.73 Å². The number of halogens is 1. The summed E-state index contributed by atoms with van der Waals surface area (Å²) in [6.07, 6.45) is 0. The van der Waals surface area contributed by atoms with Gasteiger partial charge in [0.25, 0.3) is 0 Å². The molecule has 0 bridgehead atoms. The van der Waals surface area contributed by atoms with Gasteiger partial charge in [0.05, 0.1) is 13.2 Å². The van der Waals surface area contributed by atoms with Gasteiger partial charge >= 0.3 is 0 Å². The summed E-state index contributed by atoms with van der Waals surface area (Å²) in [5.41, 5.74) is 8.59. The molecule has 1 unspecified atom stereocenters. The first kappa shape index (κ1) is 14.1. The molecule has 0 fully saturated rings. The fourth-order valence-corrected chi connectivity index (χ4v) is 3.00. The molecule has 3 rings (SSSR count). The molecule has 0 aliphatic rings. The van der Waals surface area contributed by atoms with Crippen molar-refractivity contribution in [3.63, 3.8) is 0 Å². The van der Waals surface area contributed by atoms with Crippen molar-refractivity contribution in [2.75, 3.05) is 7.11 Å². The maximum Gasteiger partial charge on any atom is 0.119 e. The summed E-state index contributed by atoms with van der Waals surface area (Å²) in [5, 5.41) is 2.31. The van der Waals surface area contributed by atoms with E-state index in [1.807, 2.05) is 36.4 Å². The fourth-order valence-electron chi connectivity index (χ4n) is 2.47. The van der Waals surface area contributed by atoms with Gasteiger partial charge in [0.15, 0.2) is 0 Å². The van der Waals surface area contributed by atoms with Gasteiger partial charge in [-0.2, -0.15) is 0 Å². The molecular formula is C18H16BrNO. The van der Waals surface area contributed by atoms with Crippen LogP contribution in [-0.2, 0) is 0 Å². The van der Waals surface area contributed by atoms with Crippen molar-refractivity contribution < 1.29 is 4.74 Å². The number of hydrogen-bond donors (Lipinski definition) is 1. The summed E-state index contributed by atoms with van der Waals surface area (Å²) in [4.78, 5) is 0. The first-order valence-electron chi connectivity index (χ1n) is 6.77. The molecule has 0 saturated carbocycles. The summed E-state index contributed by atoms with van der Waals surface area (Å²) in [5.74, 6) is 0.866. The highest BCUT2D eigenvalue weighted by Gasteiger charge is 2.12. The van der Waals surface area contributed by atoms with E-state index in [9.17, 15) is 0 Å². The van der Waals surface area contributed by atoms with E-state index in [0.29, 0.717) is 0 Å². The van der Waals surface area contributed by atoms with E-state index in [1.165, 1.54) is 0 Å². The molecule has 21 heavy (non-hydrogen) atoms. The first-order valence-corrected chi connectivity index (χ1v) is 7.56. The Morgan fingerprint density at radius 1 is 0.952 bits per heavy atom. The van der Waals surface area contributed by atoms with Crippen LogP contribution in [0, 0.1) is 0 Å². The molecule has 2 nitrogen and oxygen atoms in total. The van der Waals surface area contributed by atoms with Crippen LogP contribution >= 0.6 is 15.9 Å². The highest BCUT2D eigenvalue weighted by Crippen LogP contribution is 2.29. The molecule has 0 heterocycles. The maximum absolute atomic E-state index is 6.41. The van der Waals surface area contributed by atoms with E-state index in [2.05, 4.69) is 40.2 Å². The third kappa shape index (κ3) is 2.80. The topological polar surface area (TPSA) is 35.2 Å². The third-order valence-electron chi connectivity index (χ3n) is 3.67. The zero-order chi connectivity index (χ0) is 14.8. The predicted molar refractivity (Wildman–Crippen MR) is 90.7 cm³/mol. The summed E-state index contributed by atoms with van der Waals surface area (Å²) in [6, 6.07) is 20.3. The van der Waals surface area contributed by atoms with Gasteiger partial charge < -0.3 is 10.5 Å². The van der Waals surface area contributed by atoms with Crippen molar-refractivity contribution in [1.82, 2.24) is 0 Å². The Labute approximate surface area is 132 Å². The van der Waals surface area contributed by atoms with Gasteiger partial charge in [-0.15, -0.1) is 0 Å². The quantitative estimate of drug-likeness (QED) is 0.751. The highest BCUT2D eigenvalue weighted by molar-refractivity contribution is 9.10. The minimum absolute atomic E-state index is 0.146. The number of fused-ring (bicyclic) bond motifs is 1. The SMILES string of the molecule is COc1ccc2cc(C(N)c3ccccc3Br)ccc2c1.